The fraction of sp³-hybridized carbons (Fsp3) is 0.524. The number of fused-ring (bicyclic) bond motifs is 1. The van der Waals surface area contributed by atoms with E-state index in [9.17, 15) is 9.59 Å². The number of aryl methyl sites for hydroxylation is 2. The van der Waals surface area contributed by atoms with Crippen molar-refractivity contribution in [1.82, 2.24) is 20.1 Å². The van der Waals surface area contributed by atoms with Crippen LogP contribution in [0.15, 0.2) is 29.1 Å². The quantitative estimate of drug-likeness (QED) is 0.776. The Bertz CT molecular complexity index is 838. The minimum Gasteiger partial charge on any atom is -0.355 e. The Morgan fingerprint density at radius 1 is 1.15 bits per heavy atom. The van der Waals surface area contributed by atoms with E-state index < -0.39 is 0 Å². The lowest BCUT2D eigenvalue weighted by Crippen LogP contribution is -2.48. The summed E-state index contributed by atoms with van der Waals surface area (Å²) in [7, 11) is 0. The number of hydrogen-bond donors (Lipinski definition) is 2. The third kappa shape index (κ3) is 5.40. The van der Waals surface area contributed by atoms with Crippen molar-refractivity contribution in [1.29, 1.82) is 0 Å². The average molecular weight is 370 g/mol. The molecule has 1 amide bonds. The highest BCUT2D eigenvalue weighted by Crippen LogP contribution is 2.13. The van der Waals surface area contributed by atoms with Crippen LogP contribution in [0.25, 0.3) is 10.9 Å². The van der Waals surface area contributed by atoms with Gasteiger partial charge in [-0.05, 0) is 43.0 Å². The Balaban J connectivity index is 1.44. The number of rotatable bonds is 7. The highest BCUT2D eigenvalue weighted by atomic mass is 16.1. The first kappa shape index (κ1) is 19.6. The molecule has 146 valence electrons. The van der Waals surface area contributed by atoms with Gasteiger partial charge in [-0.25, -0.2) is 0 Å². The van der Waals surface area contributed by atoms with Gasteiger partial charge < -0.3 is 15.2 Å². The van der Waals surface area contributed by atoms with E-state index in [2.05, 4.69) is 27.0 Å². The number of nitrogens with zero attached hydrogens (tertiary/aromatic N) is 2. The largest absolute Gasteiger partial charge is 0.355 e. The van der Waals surface area contributed by atoms with E-state index in [0.29, 0.717) is 24.9 Å². The maximum Gasteiger partial charge on any atom is 0.251 e. The number of piperazine rings is 1. The van der Waals surface area contributed by atoms with Gasteiger partial charge in [0, 0.05) is 56.8 Å². The van der Waals surface area contributed by atoms with Crippen LogP contribution in [0.2, 0.25) is 0 Å². The minimum absolute atomic E-state index is 0.00518. The van der Waals surface area contributed by atoms with Gasteiger partial charge in [0.05, 0.1) is 0 Å². The van der Waals surface area contributed by atoms with Gasteiger partial charge in [-0.1, -0.05) is 19.1 Å². The number of carbonyl (C=O) groups is 1. The van der Waals surface area contributed by atoms with Gasteiger partial charge in [-0.3, -0.25) is 14.5 Å². The summed E-state index contributed by atoms with van der Waals surface area (Å²) in [6.45, 7) is 11.2. The van der Waals surface area contributed by atoms with Crippen LogP contribution in [0.4, 0.5) is 0 Å². The van der Waals surface area contributed by atoms with Crippen LogP contribution >= 0.6 is 0 Å². The second kappa shape index (κ2) is 9.15. The molecule has 0 spiro atoms. The highest BCUT2D eigenvalue weighted by Gasteiger charge is 2.15. The highest BCUT2D eigenvalue weighted by molar-refractivity contribution is 5.80. The molecule has 1 fully saturated rings. The van der Waals surface area contributed by atoms with E-state index in [1.807, 2.05) is 31.2 Å². The topological polar surface area (TPSA) is 68.4 Å². The second-order valence-corrected chi connectivity index (χ2v) is 7.34. The molecule has 1 aliphatic heterocycles. The normalized spacial score (nSPS) is 15.9. The van der Waals surface area contributed by atoms with Gasteiger partial charge in [0.15, 0.2) is 0 Å². The summed E-state index contributed by atoms with van der Waals surface area (Å²) in [5.41, 5.74) is 2.52. The molecule has 1 aliphatic rings. The number of aromatic nitrogens is 1. The van der Waals surface area contributed by atoms with Crippen molar-refractivity contribution in [3.8, 4) is 0 Å². The standard InChI is InChI=1S/C21H30N4O2/c1-3-24-10-12-25(13-11-24)9-8-22-20(26)7-6-18-15-17-5-4-16(2)14-19(17)23-21(18)27/h4-5,14-15H,3,6-13H2,1-2H3,(H,22,26)(H,23,27). The van der Waals surface area contributed by atoms with Gasteiger partial charge in [0.1, 0.15) is 0 Å². The monoisotopic (exact) mass is 370 g/mol. The lowest BCUT2D eigenvalue weighted by Gasteiger charge is -2.33. The minimum atomic E-state index is -0.102. The molecule has 0 unspecified atom stereocenters. The molecular weight excluding hydrogens is 340 g/mol. The van der Waals surface area contributed by atoms with E-state index in [4.69, 9.17) is 0 Å². The van der Waals surface area contributed by atoms with Crippen molar-refractivity contribution in [2.24, 2.45) is 0 Å². The van der Waals surface area contributed by atoms with Crippen LogP contribution in [-0.2, 0) is 11.2 Å². The zero-order valence-electron chi connectivity index (χ0n) is 16.4. The predicted octanol–water partition coefficient (Wildman–Crippen LogP) is 1.52. The lowest BCUT2D eigenvalue weighted by atomic mass is 10.1. The Morgan fingerprint density at radius 2 is 1.89 bits per heavy atom. The van der Waals surface area contributed by atoms with Gasteiger partial charge in [-0.15, -0.1) is 0 Å². The second-order valence-electron chi connectivity index (χ2n) is 7.34. The van der Waals surface area contributed by atoms with E-state index in [-0.39, 0.29) is 11.5 Å². The number of aromatic amines is 1. The van der Waals surface area contributed by atoms with Crippen LogP contribution in [0.5, 0.6) is 0 Å². The van der Waals surface area contributed by atoms with Crippen molar-refractivity contribution in [3.05, 3.63) is 45.7 Å². The first-order valence-corrected chi connectivity index (χ1v) is 9.89. The number of amides is 1. The molecule has 1 aromatic heterocycles. The molecule has 2 heterocycles. The molecule has 2 N–H and O–H groups in total. The van der Waals surface area contributed by atoms with Gasteiger partial charge in [0.2, 0.25) is 5.91 Å². The summed E-state index contributed by atoms with van der Waals surface area (Å²) in [6.07, 6.45) is 0.796. The molecule has 0 radical (unpaired) electrons. The Hall–Kier alpha value is -2.18. The SMILES string of the molecule is CCN1CCN(CCNC(=O)CCc2cc3ccc(C)cc3[nH]c2=O)CC1. The van der Waals surface area contributed by atoms with Crippen molar-refractivity contribution >= 4 is 16.8 Å². The number of hydrogen-bond acceptors (Lipinski definition) is 4. The maximum absolute atomic E-state index is 12.2. The zero-order chi connectivity index (χ0) is 19.2. The van der Waals surface area contributed by atoms with Crippen molar-refractivity contribution in [2.45, 2.75) is 26.7 Å². The number of carbonyl (C=O) groups excluding carboxylic acids is 1. The van der Waals surface area contributed by atoms with Crippen LogP contribution in [0.3, 0.4) is 0 Å². The maximum atomic E-state index is 12.2. The van der Waals surface area contributed by atoms with Crippen LogP contribution in [-0.4, -0.2) is 66.5 Å². The summed E-state index contributed by atoms with van der Waals surface area (Å²) in [4.78, 5) is 32.1. The molecule has 0 bridgehead atoms. The third-order valence-electron chi connectivity index (χ3n) is 5.36. The van der Waals surface area contributed by atoms with Crippen molar-refractivity contribution in [2.75, 3.05) is 45.8 Å². The number of benzene rings is 1. The van der Waals surface area contributed by atoms with Crippen molar-refractivity contribution < 1.29 is 4.79 Å². The van der Waals surface area contributed by atoms with Crippen LogP contribution in [0.1, 0.15) is 24.5 Å². The third-order valence-corrected chi connectivity index (χ3v) is 5.36. The number of pyridine rings is 1. The molecule has 6 nitrogen and oxygen atoms in total. The van der Waals surface area contributed by atoms with Gasteiger partial charge >= 0.3 is 0 Å². The lowest BCUT2D eigenvalue weighted by molar-refractivity contribution is -0.121. The molecule has 0 saturated carbocycles. The molecule has 1 aromatic carbocycles. The molecule has 27 heavy (non-hydrogen) atoms. The van der Waals surface area contributed by atoms with Crippen LogP contribution < -0.4 is 10.9 Å². The molecule has 1 saturated heterocycles. The van der Waals surface area contributed by atoms with Crippen molar-refractivity contribution in [3.63, 3.8) is 0 Å². The molecule has 0 atom stereocenters. The molecule has 0 aliphatic carbocycles. The summed E-state index contributed by atoms with van der Waals surface area (Å²) in [5, 5.41) is 3.98. The first-order valence-electron chi connectivity index (χ1n) is 9.89. The molecular formula is C21H30N4O2. The molecule has 2 aromatic rings. The first-order chi connectivity index (χ1) is 13.0. The molecule has 3 rings (SSSR count). The Kier molecular flexibility index (Phi) is 6.63. The molecule has 6 heteroatoms. The zero-order valence-corrected chi connectivity index (χ0v) is 16.4. The number of nitrogens with one attached hydrogen (secondary N) is 2. The van der Waals surface area contributed by atoms with Gasteiger partial charge in [0.25, 0.3) is 5.56 Å². The predicted molar refractivity (Wildman–Crippen MR) is 109 cm³/mol. The fourth-order valence-corrected chi connectivity index (χ4v) is 3.56. The van der Waals surface area contributed by atoms with Gasteiger partial charge in [-0.2, -0.15) is 0 Å². The smallest absolute Gasteiger partial charge is 0.251 e. The van der Waals surface area contributed by atoms with E-state index in [1.165, 1.54) is 0 Å². The summed E-state index contributed by atoms with van der Waals surface area (Å²) in [5.74, 6) is 0.00518. The van der Waals surface area contributed by atoms with Crippen LogP contribution in [0, 0.1) is 6.92 Å². The average Bonchev–Trinajstić information content (AvgIpc) is 2.67. The fourth-order valence-electron chi connectivity index (χ4n) is 3.56. The van der Waals surface area contributed by atoms with E-state index >= 15 is 0 Å². The summed E-state index contributed by atoms with van der Waals surface area (Å²) >= 11 is 0. The number of H-pyrrole nitrogens is 1. The summed E-state index contributed by atoms with van der Waals surface area (Å²) in [6, 6.07) is 7.89. The Labute approximate surface area is 160 Å². The van der Waals surface area contributed by atoms with E-state index in [0.717, 1.165) is 55.7 Å². The number of likely N-dealkylation sites (N-methyl/N-ethyl adjacent to an activating group) is 1. The Morgan fingerprint density at radius 3 is 2.63 bits per heavy atom. The van der Waals surface area contributed by atoms with E-state index in [1.54, 1.807) is 0 Å². The summed E-state index contributed by atoms with van der Waals surface area (Å²) < 4.78 is 0.